The summed E-state index contributed by atoms with van der Waals surface area (Å²) in [6.45, 7) is 0. The Labute approximate surface area is 85.7 Å². The topological polar surface area (TPSA) is 75.2 Å². The van der Waals surface area contributed by atoms with E-state index in [9.17, 15) is 4.79 Å². The molecule has 0 saturated carbocycles. The fraction of sp³-hybridized carbons (Fsp3) is 0.200. The van der Waals surface area contributed by atoms with Gasteiger partial charge in [0.25, 0.3) is 0 Å². The molecule has 5 heteroatoms. The number of fused-ring (bicyclic) bond motifs is 1. The van der Waals surface area contributed by atoms with Crippen molar-refractivity contribution in [3.63, 3.8) is 0 Å². The fourth-order valence-corrected chi connectivity index (χ4v) is 1.51. The minimum absolute atomic E-state index is 0.0570. The number of hydrogen-bond acceptors (Lipinski definition) is 3. The molecule has 0 radical (unpaired) electrons. The molecule has 1 aromatic heterocycles. The fourth-order valence-electron chi connectivity index (χ4n) is 1.51. The number of aromatic amines is 1. The van der Waals surface area contributed by atoms with Crippen LogP contribution < -0.4 is 4.74 Å². The van der Waals surface area contributed by atoms with Crippen molar-refractivity contribution in [3.05, 3.63) is 24.0 Å². The standard InChI is InChI=1S/C10H10N2O3/c1-15-7-2-6(3-9(13)14)10-8(4-7)11-5-12-10/h2,4-5H,3H2,1H3,(H,11,12)(H,13,14). The molecular formula is C10H10N2O3. The molecule has 0 bridgehead atoms. The molecule has 0 amide bonds. The predicted molar refractivity (Wildman–Crippen MR) is 54.0 cm³/mol. The lowest BCUT2D eigenvalue weighted by molar-refractivity contribution is -0.136. The van der Waals surface area contributed by atoms with Crippen molar-refractivity contribution >= 4 is 17.0 Å². The SMILES string of the molecule is COc1cc(CC(=O)O)c2nc[nH]c2c1. The molecule has 1 heterocycles. The van der Waals surface area contributed by atoms with E-state index in [4.69, 9.17) is 9.84 Å². The molecule has 0 atom stereocenters. The summed E-state index contributed by atoms with van der Waals surface area (Å²) in [6, 6.07) is 3.48. The van der Waals surface area contributed by atoms with E-state index in [0.29, 0.717) is 16.8 Å². The summed E-state index contributed by atoms with van der Waals surface area (Å²) in [5.74, 6) is -0.254. The van der Waals surface area contributed by atoms with Gasteiger partial charge in [-0.3, -0.25) is 4.79 Å². The number of ether oxygens (including phenoxy) is 1. The molecule has 0 fully saturated rings. The van der Waals surface area contributed by atoms with Gasteiger partial charge in [0.15, 0.2) is 0 Å². The summed E-state index contributed by atoms with van der Waals surface area (Å²) < 4.78 is 5.07. The molecule has 0 saturated heterocycles. The maximum Gasteiger partial charge on any atom is 0.307 e. The molecule has 0 aliphatic heterocycles. The average Bonchev–Trinajstić information content (AvgIpc) is 2.64. The van der Waals surface area contributed by atoms with E-state index in [1.54, 1.807) is 19.2 Å². The summed E-state index contributed by atoms with van der Waals surface area (Å²) in [5.41, 5.74) is 2.11. The molecule has 2 N–H and O–H groups in total. The van der Waals surface area contributed by atoms with Crippen LogP contribution in [0.3, 0.4) is 0 Å². The van der Waals surface area contributed by atoms with Gasteiger partial charge in [-0.05, 0) is 11.6 Å². The normalized spacial score (nSPS) is 10.5. The van der Waals surface area contributed by atoms with E-state index >= 15 is 0 Å². The zero-order valence-electron chi connectivity index (χ0n) is 8.15. The van der Waals surface area contributed by atoms with Gasteiger partial charge < -0.3 is 14.8 Å². The van der Waals surface area contributed by atoms with E-state index in [1.165, 1.54) is 6.33 Å². The Morgan fingerprint density at radius 3 is 3.07 bits per heavy atom. The summed E-state index contributed by atoms with van der Waals surface area (Å²) in [4.78, 5) is 17.7. The highest BCUT2D eigenvalue weighted by Gasteiger charge is 2.09. The number of hydrogen-bond donors (Lipinski definition) is 2. The van der Waals surface area contributed by atoms with Gasteiger partial charge in [0.1, 0.15) is 5.75 Å². The van der Waals surface area contributed by atoms with Gasteiger partial charge in [0.2, 0.25) is 0 Å². The molecule has 0 spiro atoms. The Balaban J connectivity index is 2.57. The zero-order chi connectivity index (χ0) is 10.8. The first kappa shape index (κ1) is 9.51. The second-order valence-corrected chi connectivity index (χ2v) is 3.16. The van der Waals surface area contributed by atoms with Crippen molar-refractivity contribution < 1.29 is 14.6 Å². The first-order chi connectivity index (χ1) is 7.20. The number of carboxylic acids is 1. The Hall–Kier alpha value is -2.04. The number of H-pyrrole nitrogens is 1. The molecule has 2 aromatic rings. The van der Waals surface area contributed by atoms with Crippen LogP contribution in [0.5, 0.6) is 5.75 Å². The van der Waals surface area contributed by atoms with Gasteiger partial charge in [-0.25, -0.2) is 4.98 Å². The molecule has 2 rings (SSSR count). The van der Waals surface area contributed by atoms with E-state index in [0.717, 1.165) is 5.52 Å². The minimum atomic E-state index is -0.882. The molecule has 0 aliphatic rings. The third-order valence-corrected chi connectivity index (χ3v) is 2.15. The minimum Gasteiger partial charge on any atom is -0.497 e. The maximum absolute atomic E-state index is 10.7. The molecule has 5 nitrogen and oxygen atoms in total. The quantitative estimate of drug-likeness (QED) is 0.791. The van der Waals surface area contributed by atoms with E-state index in [2.05, 4.69) is 9.97 Å². The highest BCUT2D eigenvalue weighted by Crippen LogP contribution is 2.23. The van der Waals surface area contributed by atoms with Crippen molar-refractivity contribution in [3.8, 4) is 5.75 Å². The van der Waals surface area contributed by atoms with Gasteiger partial charge >= 0.3 is 5.97 Å². The molecule has 15 heavy (non-hydrogen) atoms. The van der Waals surface area contributed by atoms with Crippen molar-refractivity contribution in [2.24, 2.45) is 0 Å². The van der Waals surface area contributed by atoms with Crippen LogP contribution in [0, 0.1) is 0 Å². The summed E-state index contributed by atoms with van der Waals surface area (Å²) in [5, 5.41) is 8.75. The number of carboxylic acid groups (broad SMARTS) is 1. The predicted octanol–water partition coefficient (Wildman–Crippen LogP) is 1.20. The first-order valence-electron chi connectivity index (χ1n) is 4.42. The van der Waals surface area contributed by atoms with Crippen molar-refractivity contribution in [2.45, 2.75) is 6.42 Å². The van der Waals surface area contributed by atoms with E-state index in [1.807, 2.05) is 0 Å². The molecule has 0 aliphatic carbocycles. The van der Waals surface area contributed by atoms with Crippen LogP contribution in [0.25, 0.3) is 11.0 Å². The second-order valence-electron chi connectivity index (χ2n) is 3.16. The Morgan fingerprint density at radius 2 is 2.40 bits per heavy atom. The van der Waals surface area contributed by atoms with E-state index < -0.39 is 5.97 Å². The van der Waals surface area contributed by atoms with Crippen molar-refractivity contribution in [1.82, 2.24) is 9.97 Å². The van der Waals surface area contributed by atoms with Crippen molar-refractivity contribution in [1.29, 1.82) is 0 Å². The number of methoxy groups -OCH3 is 1. The zero-order valence-corrected chi connectivity index (χ0v) is 8.15. The Bertz CT molecular complexity index is 504. The molecule has 1 aromatic carbocycles. The second kappa shape index (κ2) is 3.61. The lowest BCUT2D eigenvalue weighted by Gasteiger charge is -2.03. The van der Waals surface area contributed by atoms with Gasteiger partial charge in [0.05, 0.1) is 30.9 Å². The lowest BCUT2D eigenvalue weighted by Crippen LogP contribution is -2.01. The average molecular weight is 206 g/mol. The van der Waals surface area contributed by atoms with E-state index in [-0.39, 0.29) is 6.42 Å². The Kier molecular flexibility index (Phi) is 2.29. The number of nitrogens with zero attached hydrogens (tertiary/aromatic N) is 1. The van der Waals surface area contributed by atoms with Gasteiger partial charge in [-0.2, -0.15) is 0 Å². The lowest BCUT2D eigenvalue weighted by atomic mass is 10.1. The summed E-state index contributed by atoms with van der Waals surface area (Å²) >= 11 is 0. The summed E-state index contributed by atoms with van der Waals surface area (Å²) in [7, 11) is 1.54. The van der Waals surface area contributed by atoms with Gasteiger partial charge in [-0.1, -0.05) is 0 Å². The maximum atomic E-state index is 10.7. The van der Waals surface area contributed by atoms with Crippen molar-refractivity contribution in [2.75, 3.05) is 7.11 Å². The molecular weight excluding hydrogens is 196 g/mol. The third kappa shape index (κ3) is 1.76. The van der Waals surface area contributed by atoms with Crippen LogP contribution in [-0.4, -0.2) is 28.2 Å². The third-order valence-electron chi connectivity index (χ3n) is 2.15. The highest BCUT2D eigenvalue weighted by atomic mass is 16.5. The van der Waals surface area contributed by atoms with Crippen LogP contribution >= 0.6 is 0 Å². The number of nitrogens with one attached hydrogen (secondary N) is 1. The first-order valence-corrected chi connectivity index (χ1v) is 4.42. The van der Waals surface area contributed by atoms with Gasteiger partial charge in [0, 0.05) is 6.07 Å². The van der Waals surface area contributed by atoms with Gasteiger partial charge in [-0.15, -0.1) is 0 Å². The largest absolute Gasteiger partial charge is 0.497 e. The van der Waals surface area contributed by atoms with Crippen LogP contribution in [0.2, 0.25) is 0 Å². The smallest absolute Gasteiger partial charge is 0.307 e. The number of aromatic nitrogens is 2. The highest BCUT2D eigenvalue weighted by molar-refractivity contribution is 5.84. The number of imidazole rings is 1. The molecule has 0 unspecified atom stereocenters. The van der Waals surface area contributed by atoms with Crippen LogP contribution in [0.15, 0.2) is 18.5 Å². The number of aliphatic carboxylic acids is 1. The monoisotopic (exact) mass is 206 g/mol. The molecule has 78 valence electrons. The van der Waals surface area contributed by atoms with Crippen LogP contribution in [0.1, 0.15) is 5.56 Å². The Morgan fingerprint density at radius 1 is 1.60 bits per heavy atom. The number of rotatable bonds is 3. The van der Waals surface area contributed by atoms with Crippen LogP contribution in [-0.2, 0) is 11.2 Å². The summed E-state index contributed by atoms with van der Waals surface area (Å²) in [6.07, 6.45) is 1.48. The number of benzene rings is 1. The van der Waals surface area contributed by atoms with Crippen LogP contribution in [0.4, 0.5) is 0 Å². The number of carbonyl (C=O) groups is 1.